The molecule has 4 unspecified atom stereocenters. The van der Waals surface area contributed by atoms with Crippen LogP contribution >= 0.6 is 0 Å². The monoisotopic (exact) mass is 476 g/mol. The van der Waals surface area contributed by atoms with Crippen molar-refractivity contribution in [3.63, 3.8) is 0 Å². The van der Waals surface area contributed by atoms with E-state index >= 15 is 0 Å². The number of nitrogens with two attached hydrogens (primary N) is 1. The van der Waals surface area contributed by atoms with Crippen molar-refractivity contribution in [1.82, 2.24) is 16.0 Å². The molecule has 0 aromatic rings. The Bertz CT molecular complexity index is 727. The van der Waals surface area contributed by atoms with E-state index < -0.39 is 79.2 Å². The number of aliphatic hydroxyl groups is 1. The highest BCUT2D eigenvalue weighted by molar-refractivity contribution is 5.94. The molecule has 0 fully saturated rings. The number of carbonyl (C=O) groups excluding carboxylic acids is 3. The Balaban J connectivity index is 5.29. The number of carboxylic acid groups (broad SMARTS) is 3. The van der Waals surface area contributed by atoms with Gasteiger partial charge in [-0.2, -0.15) is 0 Å². The molecule has 0 aliphatic rings. The molecule has 0 heterocycles. The van der Waals surface area contributed by atoms with E-state index in [0.717, 1.165) is 0 Å². The molecule has 0 rings (SSSR count). The fourth-order valence-electron chi connectivity index (χ4n) is 2.66. The van der Waals surface area contributed by atoms with Crippen LogP contribution in [0.1, 0.15) is 46.0 Å². The van der Waals surface area contributed by atoms with E-state index in [0.29, 0.717) is 0 Å². The second-order valence-corrected chi connectivity index (χ2v) is 7.81. The van der Waals surface area contributed by atoms with Gasteiger partial charge >= 0.3 is 17.9 Å². The SMILES string of the molecule is CC(C)CC(NC(=O)C(CO)NC(=O)C(CCC(=O)O)NC(=O)C(N)CCC(=O)O)C(=O)O. The van der Waals surface area contributed by atoms with Gasteiger partial charge in [-0.1, -0.05) is 13.8 Å². The smallest absolute Gasteiger partial charge is 0.326 e. The van der Waals surface area contributed by atoms with E-state index in [1.54, 1.807) is 13.8 Å². The summed E-state index contributed by atoms with van der Waals surface area (Å²) in [5.41, 5.74) is 5.59. The number of aliphatic carboxylic acids is 3. The zero-order chi connectivity index (χ0) is 25.7. The van der Waals surface area contributed by atoms with Crippen LogP contribution in [-0.4, -0.2) is 86.8 Å². The van der Waals surface area contributed by atoms with Crippen molar-refractivity contribution in [3.05, 3.63) is 0 Å². The van der Waals surface area contributed by atoms with Gasteiger partial charge in [-0.15, -0.1) is 0 Å². The molecule has 4 atom stereocenters. The molecule has 0 radical (unpaired) electrons. The molecule has 0 aliphatic heterocycles. The minimum Gasteiger partial charge on any atom is -0.481 e. The van der Waals surface area contributed by atoms with Gasteiger partial charge in [0.15, 0.2) is 0 Å². The van der Waals surface area contributed by atoms with Crippen LogP contribution in [0.4, 0.5) is 0 Å². The average Bonchev–Trinajstić information content (AvgIpc) is 2.71. The quantitative estimate of drug-likeness (QED) is 0.117. The summed E-state index contributed by atoms with van der Waals surface area (Å²) < 4.78 is 0. The van der Waals surface area contributed by atoms with Crippen molar-refractivity contribution >= 4 is 35.6 Å². The van der Waals surface area contributed by atoms with Gasteiger partial charge in [-0.3, -0.25) is 24.0 Å². The van der Waals surface area contributed by atoms with Crippen LogP contribution in [0.25, 0.3) is 0 Å². The van der Waals surface area contributed by atoms with Crippen molar-refractivity contribution < 1.29 is 49.2 Å². The Kier molecular flexibility index (Phi) is 13.3. The Morgan fingerprint density at radius 2 is 1.18 bits per heavy atom. The van der Waals surface area contributed by atoms with Crippen LogP contribution < -0.4 is 21.7 Å². The van der Waals surface area contributed by atoms with Crippen LogP contribution in [0, 0.1) is 5.92 Å². The fourth-order valence-corrected chi connectivity index (χ4v) is 2.66. The third-order valence-electron chi connectivity index (χ3n) is 4.42. The first-order valence-corrected chi connectivity index (χ1v) is 10.2. The third-order valence-corrected chi connectivity index (χ3v) is 4.42. The molecule has 0 aromatic carbocycles. The Labute approximate surface area is 189 Å². The molecular weight excluding hydrogens is 444 g/mol. The molecule has 14 heteroatoms. The lowest BCUT2D eigenvalue weighted by atomic mass is 10.0. The first-order valence-electron chi connectivity index (χ1n) is 10.2. The maximum absolute atomic E-state index is 12.6. The van der Waals surface area contributed by atoms with Gasteiger partial charge < -0.3 is 42.1 Å². The largest absolute Gasteiger partial charge is 0.481 e. The fraction of sp³-hybridized carbons (Fsp3) is 0.684. The lowest BCUT2D eigenvalue weighted by Crippen LogP contribution is -2.58. The van der Waals surface area contributed by atoms with Crippen LogP contribution in [0.5, 0.6) is 0 Å². The van der Waals surface area contributed by atoms with Crippen molar-refractivity contribution in [1.29, 1.82) is 0 Å². The van der Waals surface area contributed by atoms with Gasteiger partial charge in [-0.05, 0) is 25.2 Å². The molecule has 0 saturated heterocycles. The summed E-state index contributed by atoms with van der Waals surface area (Å²) in [7, 11) is 0. The number of rotatable bonds is 16. The molecule has 0 aliphatic carbocycles. The van der Waals surface area contributed by atoms with Gasteiger partial charge in [-0.25, -0.2) is 4.79 Å². The molecule has 0 bridgehead atoms. The number of hydrogen-bond donors (Lipinski definition) is 8. The highest BCUT2D eigenvalue weighted by Gasteiger charge is 2.30. The molecule has 0 spiro atoms. The maximum atomic E-state index is 12.6. The van der Waals surface area contributed by atoms with E-state index in [2.05, 4.69) is 16.0 Å². The Morgan fingerprint density at radius 1 is 0.727 bits per heavy atom. The Hall–Kier alpha value is -3.26. The van der Waals surface area contributed by atoms with Gasteiger partial charge in [0.1, 0.15) is 18.1 Å². The predicted molar refractivity (Wildman–Crippen MR) is 112 cm³/mol. The highest BCUT2D eigenvalue weighted by Crippen LogP contribution is 2.06. The van der Waals surface area contributed by atoms with E-state index in [1.807, 2.05) is 0 Å². The first kappa shape index (κ1) is 29.7. The summed E-state index contributed by atoms with van der Waals surface area (Å²) in [6.07, 6.45) is -1.46. The first-order chi connectivity index (χ1) is 15.3. The van der Waals surface area contributed by atoms with Crippen LogP contribution in [0.15, 0.2) is 0 Å². The number of nitrogens with one attached hydrogen (secondary N) is 3. The zero-order valence-corrected chi connectivity index (χ0v) is 18.4. The van der Waals surface area contributed by atoms with Gasteiger partial charge in [0, 0.05) is 12.8 Å². The van der Waals surface area contributed by atoms with E-state index in [4.69, 9.17) is 15.9 Å². The standard InChI is InChI=1S/C19H32N4O10/c1-9(2)7-12(19(32)33)22-18(31)13(8-24)23-17(30)11(4-6-15(27)28)21-16(29)10(20)3-5-14(25)26/h9-13,24H,3-8,20H2,1-2H3,(H,21,29)(H,22,31)(H,23,30)(H,25,26)(H,27,28)(H,32,33). The van der Waals surface area contributed by atoms with Crippen LogP contribution in [0.3, 0.4) is 0 Å². The minimum absolute atomic E-state index is 0.0745. The normalized spacial score (nSPS) is 14.5. The highest BCUT2D eigenvalue weighted by atomic mass is 16.4. The van der Waals surface area contributed by atoms with Crippen molar-refractivity contribution in [2.24, 2.45) is 11.7 Å². The van der Waals surface area contributed by atoms with Gasteiger partial charge in [0.25, 0.3) is 0 Å². The summed E-state index contributed by atoms with van der Waals surface area (Å²) in [5, 5.41) is 42.8. The lowest BCUT2D eigenvalue weighted by Gasteiger charge is -2.24. The summed E-state index contributed by atoms with van der Waals surface area (Å²) >= 11 is 0. The summed E-state index contributed by atoms with van der Waals surface area (Å²) in [5.74, 6) is -6.74. The number of hydrogen-bond acceptors (Lipinski definition) is 8. The summed E-state index contributed by atoms with van der Waals surface area (Å²) in [4.78, 5) is 70.0. The van der Waals surface area contributed by atoms with Gasteiger partial charge in [0.2, 0.25) is 17.7 Å². The second kappa shape index (κ2) is 14.7. The second-order valence-electron chi connectivity index (χ2n) is 7.81. The third kappa shape index (κ3) is 12.4. The zero-order valence-electron chi connectivity index (χ0n) is 18.4. The number of carboxylic acids is 3. The van der Waals surface area contributed by atoms with Crippen molar-refractivity contribution in [3.8, 4) is 0 Å². The molecular formula is C19H32N4O10. The number of aliphatic hydroxyl groups excluding tert-OH is 1. The molecule has 0 aromatic heterocycles. The lowest BCUT2D eigenvalue weighted by molar-refractivity contribution is -0.143. The number of amides is 3. The average molecular weight is 476 g/mol. The van der Waals surface area contributed by atoms with Crippen LogP contribution in [-0.2, 0) is 28.8 Å². The van der Waals surface area contributed by atoms with E-state index in [1.165, 1.54) is 0 Å². The maximum Gasteiger partial charge on any atom is 0.326 e. The van der Waals surface area contributed by atoms with Crippen molar-refractivity contribution in [2.75, 3.05) is 6.61 Å². The minimum atomic E-state index is -1.57. The van der Waals surface area contributed by atoms with Crippen molar-refractivity contribution in [2.45, 2.75) is 70.1 Å². The molecule has 14 nitrogen and oxygen atoms in total. The topological polar surface area (TPSA) is 245 Å². The van der Waals surface area contributed by atoms with Gasteiger partial charge in [0.05, 0.1) is 12.6 Å². The molecule has 188 valence electrons. The molecule has 3 amide bonds. The predicted octanol–water partition coefficient (Wildman–Crippen LogP) is -2.38. The molecule has 33 heavy (non-hydrogen) atoms. The van der Waals surface area contributed by atoms with Crippen LogP contribution in [0.2, 0.25) is 0 Å². The molecule has 0 saturated carbocycles. The van der Waals surface area contributed by atoms with E-state index in [-0.39, 0.29) is 25.2 Å². The molecule has 9 N–H and O–H groups in total. The van der Waals surface area contributed by atoms with E-state index in [9.17, 15) is 39.0 Å². The summed E-state index contributed by atoms with van der Waals surface area (Å²) in [6, 6.07) is -5.59. The summed E-state index contributed by atoms with van der Waals surface area (Å²) in [6.45, 7) is 2.58. The Morgan fingerprint density at radius 3 is 1.64 bits per heavy atom. The number of carbonyl (C=O) groups is 6.